The maximum atomic E-state index is 9.74. The Morgan fingerprint density at radius 3 is 2.84 bits per heavy atom. The lowest BCUT2D eigenvalue weighted by Gasteiger charge is -2.19. The third kappa shape index (κ3) is 9.16. The minimum atomic E-state index is -0.432. The maximum absolute atomic E-state index is 9.74. The van der Waals surface area contributed by atoms with E-state index in [0.717, 1.165) is 18.9 Å². The Hall–Kier alpha value is -0.420. The summed E-state index contributed by atoms with van der Waals surface area (Å²) in [4.78, 5) is 0. The second kappa shape index (κ2) is 10.4. The van der Waals surface area contributed by atoms with Crippen LogP contribution < -0.4 is 5.32 Å². The van der Waals surface area contributed by atoms with E-state index in [1.54, 1.807) is 0 Å². The van der Waals surface area contributed by atoms with Crippen molar-refractivity contribution in [1.82, 2.24) is 5.32 Å². The Kier molecular flexibility index (Phi) is 9.08. The number of nitrogens with one attached hydrogen (secondary N) is 1. The summed E-state index contributed by atoms with van der Waals surface area (Å²) in [6.45, 7) is 7.09. The predicted octanol–water partition coefficient (Wildman–Crippen LogP) is 1.73. The molecule has 0 bridgehead atoms. The van der Waals surface area contributed by atoms with E-state index in [4.69, 9.17) is 9.47 Å². The Labute approximate surface area is 117 Å². The van der Waals surface area contributed by atoms with Crippen molar-refractivity contribution in [1.29, 1.82) is 0 Å². The molecular formula is C15H29NO3. The number of allylic oxidation sites excluding steroid dienone is 2. The molecule has 0 aliphatic heterocycles. The lowest BCUT2D eigenvalue weighted by molar-refractivity contribution is -0.0101. The molecule has 1 aliphatic rings. The normalized spacial score (nSPS) is 20.9. The average molecular weight is 271 g/mol. The zero-order valence-electron chi connectivity index (χ0n) is 12.3. The molecule has 19 heavy (non-hydrogen) atoms. The molecule has 0 saturated carbocycles. The van der Waals surface area contributed by atoms with E-state index in [9.17, 15) is 5.11 Å². The van der Waals surface area contributed by atoms with Gasteiger partial charge in [0.2, 0.25) is 0 Å². The number of aliphatic hydroxyl groups excluding tert-OH is 1. The fourth-order valence-electron chi connectivity index (χ4n) is 2.12. The number of aliphatic hydroxyl groups is 1. The number of hydrogen-bond acceptors (Lipinski definition) is 4. The first kappa shape index (κ1) is 16.6. The van der Waals surface area contributed by atoms with Gasteiger partial charge in [-0.05, 0) is 45.6 Å². The monoisotopic (exact) mass is 271 g/mol. The molecule has 0 heterocycles. The van der Waals surface area contributed by atoms with Crippen LogP contribution in [0.5, 0.6) is 0 Å². The van der Waals surface area contributed by atoms with Gasteiger partial charge >= 0.3 is 0 Å². The van der Waals surface area contributed by atoms with Gasteiger partial charge < -0.3 is 19.9 Å². The third-order valence-electron chi connectivity index (χ3n) is 3.18. The van der Waals surface area contributed by atoms with Crippen LogP contribution in [-0.2, 0) is 9.47 Å². The smallest absolute Gasteiger partial charge is 0.0897 e. The highest BCUT2D eigenvalue weighted by Crippen LogP contribution is 2.16. The van der Waals surface area contributed by atoms with Gasteiger partial charge in [-0.1, -0.05) is 12.2 Å². The Bertz CT molecular complexity index is 244. The first-order valence-corrected chi connectivity index (χ1v) is 7.41. The minimum Gasteiger partial charge on any atom is -0.389 e. The Morgan fingerprint density at radius 1 is 1.32 bits per heavy atom. The molecule has 0 saturated heterocycles. The average Bonchev–Trinajstić information content (AvgIpc) is 2.39. The highest BCUT2D eigenvalue weighted by molar-refractivity contribution is 4.90. The van der Waals surface area contributed by atoms with Crippen LogP contribution in [0.1, 0.15) is 33.1 Å². The standard InChI is InChI=1S/C15H29NO3/c1-13(2)19-9-8-18-12-15(17)11-16-10-14-6-4-3-5-7-14/h3-4,13-17H,5-12H2,1-2H3. The van der Waals surface area contributed by atoms with Crippen molar-refractivity contribution >= 4 is 0 Å². The van der Waals surface area contributed by atoms with Crippen LogP contribution in [0.2, 0.25) is 0 Å². The van der Waals surface area contributed by atoms with Crippen LogP contribution >= 0.6 is 0 Å². The third-order valence-corrected chi connectivity index (χ3v) is 3.18. The van der Waals surface area contributed by atoms with Crippen molar-refractivity contribution in [2.45, 2.75) is 45.3 Å². The quantitative estimate of drug-likeness (QED) is 0.469. The van der Waals surface area contributed by atoms with Crippen LogP contribution in [0.3, 0.4) is 0 Å². The molecule has 112 valence electrons. The molecule has 0 amide bonds. The van der Waals surface area contributed by atoms with Gasteiger partial charge in [0.1, 0.15) is 0 Å². The minimum absolute atomic E-state index is 0.236. The fourth-order valence-corrected chi connectivity index (χ4v) is 2.12. The van der Waals surface area contributed by atoms with Gasteiger partial charge in [0.05, 0.1) is 32.0 Å². The van der Waals surface area contributed by atoms with E-state index >= 15 is 0 Å². The number of rotatable bonds is 10. The summed E-state index contributed by atoms with van der Waals surface area (Å²) >= 11 is 0. The Morgan fingerprint density at radius 2 is 2.16 bits per heavy atom. The van der Waals surface area contributed by atoms with Crippen LogP contribution in [0.4, 0.5) is 0 Å². The molecule has 0 aromatic heterocycles. The maximum Gasteiger partial charge on any atom is 0.0897 e. The van der Waals surface area contributed by atoms with E-state index in [0.29, 0.717) is 26.4 Å². The van der Waals surface area contributed by atoms with Gasteiger partial charge in [0, 0.05) is 6.54 Å². The van der Waals surface area contributed by atoms with Crippen LogP contribution in [0.15, 0.2) is 12.2 Å². The molecule has 1 aliphatic carbocycles. The summed E-state index contributed by atoms with van der Waals surface area (Å²) in [7, 11) is 0. The molecule has 2 N–H and O–H groups in total. The van der Waals surface area contributed by atoms with Gasteiger partial charge in [0.15, 0.2) is 0 Å². The summed E-state index contributed by atoms with van der Waals surface area (Å²) in [5.74, 6) is 0.720. The van der Waals surface area contributed by atoms with Crippen molar-refractivity contribution in [2.24, 2.45) is 5.92 Å². The van der Waals surface area contributed by atoms with Gasteiger partial charge in [-0.25, -0.2) is 0 Å². The second-order valence-corrected chi connectivity index (χ2v) is 5.46. The largest absolute Gasteiger partial charge is 0.389 e. The van der Waals surface area contributed by atoms with Crippen molar-refractivity contribution in [3.05, 3.63) is 12.2 Å². The topological polar surface area (TPSA) is 50.7 Å². The zero-order valence-corrected chi connectivity index (χ0v) is 12.3. The lowest BCUT2D eigenvalue weighted by Crippen LogP contribution is -2.34. The summed E-state index contributed by atoms with van der Waals surface area (Å²) in [6.07, 6.45) is 7.91. The summed E-state index contributed by atoms with van der Waals surface area (Å²) in [5, 5.41) is 13.1. The second-order valence-electron chi connectivity index (χ2n) is 5.46. The van der Waals surface area contributed by atoms with Crippen molar-refractivity contribution in [2.75, 3.05) is 32.9 Å². The van der Waals surface area contributed by atoms with Crippen molar-refractivity contribution in [3.8, 4) is 0 Å². The first-order chi connectivity index (χ1) is 9.18. The van der Waals surface area contributed by atoms with E-state index < -0.39 is 6.10 Å². The fraction of sp³-hybridized carbons (Fsp3) is 0.867. The van der Waals surface area contributed by atoms with Gasteiger partial charge in [-0.15, -0.1) is 0 Å². The van der Waals surface area contributed by atoms with Crippen LogP contribution in [-0.4, -0.2) is 50.2 Å². The summed E-state index contributed by atoms with van der Waals surface area (Å²) in [5.41, 5.74) is 0. The molecule has 4 nitrogen and oxygen atoms in total. The van der Waals surface area contributed by atoms with Gasteiger partial charge in [0.25, 0.3) is 0 Å². The van der Waals surface area contributed by atoms with Crippen molar-refractivity contribution in [3.63, 3.8) is 0 Å². The molecule has 0 fully saturated rings. The molecule has 0 radical (unpaired) electrons. The molecule has 1 rings (SSSR count). The van der Waals surface area contributed by atoms with Gasteiger partial charge in [-0.3, -0.25) is 0 Å². The molecule has 4 heteroatoms. The zero-order chi connectivity index (χ0) is 13.9. The first-order valence-electron chi connectivity index (χ1n) is 7.41. The molecule has 2 atom stereocenters. The van der Waals surface area contributed by atoms with Gasteiger partial charge in [-0.2, -0.15) is 0 Å². The van der Waals surface area contributed by atoms with Crippen molar-refractivity contribution < 1.29 is 14.6 Å². The Balaban J connectivity index is 1.90. The van der Waals surface area contributed by atoms with E-state index in [2.05, 4.69) is 17.5 Å². The molecule has 0 aromatic carbocycles. The number of ether oxygens (including phenoxy) is 2. The SMILES string of the molecule is CC(C)OCCOCC(O)CNCC1CC=CCC1. The molecular weight excluding hydrogens is 242 g/mol. The van der Waals surface area contributed by atoms with Crippen LogP contribution in [0.25, 0.3) is 0 Å². The van der Waals surface area contributed by atoms with E-state index in [1.165, 1.54) is 12.8 Å². The van der Waals surface area contributed by atoms with E-state index in [1.807, 2.05) is 13.8 Å². The van der Waals surface area contributed by atoms with Crippen LogP contribution in [0, 0.1) is 5.92 Å². The predicted molar refractivity (Wildman–Crippen MR) is 77.3 cm³/mol. The summed E-state index contributed by atoms with van der Waals surface area (Å²) in [6, 6.07) is 0. The summed E-state index contributed by atoms with van der Waals surface area (Å²) < 4.78 is 10.7. The highest BCUT2D eigenvalue weighted by Gasteiger charge is 2.10. The highest BCUT2D eigenvalue weighted by atomic mass is 16.5. The van der Waals surface area contributed by atoms with E-state index in [-0.39, 0.29) is 6.10 Å². The lowest BCUT2D eigenvalue weighted by atomic mass is 9.94. The molecule has 0 aromatic rings. The molecule has 2 unspecified atom stereocenters. The number of hydrogen-bond donors (Lipinski definition) is 2. The molecule has 0 spiro atoms.